The number of ether oxygens (including phenoxy) is 1. The molecular weight excluding hydrogens is 252 g/mol. The second-order valence-corrected chi connectivity index (χ2v) is 6.52. The van der Waals surface area contributed by atoms with Gasteiger partial charge < -0.3 is 15.0 Å². The van der Waals surface area contributed by atoms with Gasteiger partial charge in [-0.25, -0.2) is 4.79 Å². The normalized spacial score (nSPS) is 27.2. The van der Waals surface area contributed by atoms with Crippen molar-refractivity contribution in [2.45, 2.75) is 57.9 Å². The molecule has 2 unspecified atom stereocenters. The molecule has 0 aromatic rings. The fraction of sp³-hybridized carbons (Fsp3) is 0.938. The maximum absolute atomic E-state index is 11.8. The van der Waals surface area contributed by atoms with Crippen LogP contribution in [0.3, 0.4) is 0 Å². The lowest BCUT2D eigenvalue weighted by atomic mass is 9.84. The standard InChI is InChI=1S/C16H30N2O2/c1-3-4-6-14-9-15(17-10-13-7-5-8-13)12-18(11-14)16(19)20-2/h13-15,17H,3-12H2,1-2H3. The van der Waals surface area contributed by atoms with Crippen LogP contribution in [0.4, 0.5) is 4.79 Å². The van der Waals surface area contributed by atoms with E-state index < -0.39 is 0 Å². The lowest BCUT2D eigenvalue weighted by Gasteiger charge is -2.38. The van der Waals surface area contributed by atoms with Crippen molar-refractivity contribution in [3.63, 3.8) is 0 Å². The first-order valence-electron chi connectivity index (χ1n) is 8.29. The van der Waals surface area contributed by atoms with Crippen LogP contribution in [0.15, 0.2) is 0 Å². The van der Waals surface area contributed by atoms with Gasteiger partial charge in [-0.3, -0.25) is 0 Å². The van der Waals surface area contributed by atoms with Gasteiger partial charge in [0.1, 0.15) is 0 Å². The Balaban J connectivity index is 1.83. The van der Waals surface area contributed by atoms with Gasteiger partial charge in [0.25, 0.3) is 0 Å². The maximum atomic E-state index is 11.8. The lowest BCUT2D eigenvalue weighted by molar-refractivity contribution is 0.0869. The number of hydrogen-bond acceptors (Lipinski definition) is 3. The molecule has 1 heterocycles. The van der Waals surface area contributed by atoms with Gasteiger partial charge in [-0.15, -0.1) is 0 Å². The highest BCUT2D eigenvalue weighted by Gasteiger charge is 2.30. The predicted octanol–water partition coefficient (Wildman–Crippen LogP) is 3.02. The van der Waals surface area contributed by atoms with Crippen LogP contribution in [0.25, 0.3) is 0 Å². The SMILES string of the molecule is CCCCC1CC(NCC2CCC2)CN(C(=O)OC)C1. The van der Waals surface area contributed by atoms with E-state index in [-0.39, 0.29) is 6.09 Å². The molecule has 1 aliphatic carbocycles. The molecule has 4 heteroatoms. The van der Waals surface area contributed by atoms with Gasteiger partial charge in [-0.1, -0.05) is 26.2 Å². The van der Waals surface area contributed by atoms with Crippen LogP contribution in [0.1, 0.15) is 51.9 Å². The first-order chi connectivity index (χ1) is 9.72. The van der Waals surface area contributed by atoms with Crippen molar-refractivity contribution in [1.82, 2.24) is 10.2 Å². The number of nitrogens with one attached hydrogen (secondary N) is 1. The van der Waals surface area contributed by atoms with Gasteiger partial charge in [0, 0.05) is 19.1 Å². The number of methoxy groups -OCH3 is 1. The average molecular weight is 282 g/mol. The molecule has 1 amide bonds. The molecule has 1 saturated heterocycles. The van der Waals surface area contributed by atoms with Crippen molar-refractivity contribution in [1.29, 1.82) is 0 Å². The van der Waals surface area contributed by atoms with Crippen molar-refractivity contribution in [2.24, 2.45) is 11.8 Å². The molecule has 0 spiro atoms. The molecule has 1 aliphatic heterocycles. The highest BCUT2D eigenvalue weighted by molar-refractivity contribution is 5.67. The largest absolute Gasteiger partial charge is 0.453 e. The average Bonchev–Trinajstić information content (AvgIpc) is 2.42. The van der Waals surface area contributed by atoms with E-state index in [4.69, 9.17) is 4.74 Å². The third kappa shape index (κ3) is 4.37. The van der Waals surface area contributed by atoms with Crippen LogP contribution < -0.4 is 5.32 Å². The molecule has 20 heavy (non-hydrogen) atoms. The number of hydrogen-bond donors (Lipinski definition) is 1. The molecular formula is C16H30N2O2. The Morgan fingerprint density at radius 1 is 1.30 bits per heavy atom. The highest BCUT2D eigenvalue weighted by atomic mass is 16.5. The summed E-state index contributed by atoms with van der Waals surface area (Å²) >= 11 is 0. The Bertz CT molecular complexity index is 305. The minimum atomic E-state index is -0.165. The van der Waals surface area contributed by atoms with E-state index in [9.17, 15) is 4.79 Å². The summed E-state index contributed by atoms with van der Waals surface area (Å²) in [6.07, 6.45) is 8.90. The summed E-state index contributed by atoms with van der Waals surface area (Å²) < 4.78 is 4.91. The highest BCUT2D eigenvalue weighted by Crippen LogP contribution is 2.27. The van der Waals surface area contributed by atoms with Crippen LogP contribution >= 0.6 is 0 Å². The van der Waals surface area contributed by atoms with Gasteiger partial charge >= 0.3 is 6.09 Å². The monoisotopic (exact) mass is 282 g/mol. The number of nitrogens with zero attached hydrogens (tertiary/aromatic N) is 1. The zero-order chi connectivity index (χ0) is 14.4. The van der Waals surface area contributed by atoms with Crippen LogP contribution in [-0.2, 0) is 4.74 Å². The summed E-state index contributed by atoms with van der Waals surface area (Å²) in [4.78, 5) is 13.7. The molecule has 0 bridgehead atoms. The number of amides is 1. The first-order valence-corrected chi connectivity index (χ1v) is 8.29. The molecule has 0 aromatic heterocycles. The third-order valence-electron chi connectivity index (χ3n) is 4.86. The number of unbranched alkanes of at least 4 members (excludes halogenated alkanes) is 1. The van der Waals surface area contributed by atoms with Gasteiger partial charge in [0.15, 0.2) is 0 Å². The minimum absolute atomic E-state index is 0.165. The zero-order valence-corrected chi connectivity index (χ0v) is 13.1. The third-order valence-corrected chi connectivity index (χ3v) is 4.86. The summed E-state index contributed by atoms with van der Waals surface area (Å²) in [6.45, 7) is 5.03. The summed E-state index contributed by atoms with van der Waals surface area (Å²) in [7, 11) is 1.48. The van der Waals surface area contributed by atoms with Gasteiger partial charge in [-0.05, 0) is 44.1 Å². The molecule has 116 valence electrons. The van der Waals surface area contributed by atoms with E-state index in [0.29, 0.717) is 12.0 Å². The number of carbonyl (C=O) groups excluding carboxylic acids is 1. The zero-order valence-electron chi connectivity index (χ0n) is 13.1. The molecule has 1 saturated carbocycles. The molecule has 2 atom stereocenters. The van der Waals surface area contributed by atoms with Crippen LogP contribution in [0.5, 0.6) is 0 Å². The number of piperidine rings is 1. The quantitative estimate of drug-likeness (QED) is 0.814. The molecule has 2 rings (SSSR count). The summed E-state index contributed by atoms with van der Waals surface area (Å²) in [5.74, 6) is 1.50. The number of rotatable bonds is 6. The predicted molar refractivity (Wildman–Crippen MR) is 80.7 cm³/mol. The van der Waals surface area contributed by atoms with Crippen molar-refractivity contribution in [3.05, 3.63) is 0 Å². The number of likely N-dealkylation sites (tertiary alicyclic amines) is 1. The molecule has 2 fully saturated rings. The Kier molecular flexibility index (Phi) is 6.14. The van der Waals surface area contributed by atoms with Crippen molar-refractivity contribution in [3.8, 4) is 0 Å². The van der Waals surface area contributed by atoms with E-state index in [0.717, 1.165) is 25.6 Å². The summed E-state index contributed by atoms with van der Waals surface area (Å²) in [6, 6.07) is 0.449. The molecule has 0 radical (unpaired) electrons. The van der Waals surface area contributed by atoms with Gasteiger partial charge in [0.2, 0.25) is 0 Å². The molecule has 2 aliphatic rings. The van der Waals surface area contributed by atoms with E-state index in [1.807, 2.05) is 4.90 Å². The summed E-state index contributed by atoms with van der Waals surface area (Å²) in [5.41, 5.74) is 0. The number of carbonyl (C=O) groups is 1. The van der Waals surface area contributed by atoms with Gasteiger partial charge in [-0.2, -0.15) is 0 Å². The minimum Gasteiger partial charge on any atom is -0.453 e. The van der Waals surface area contributed by atoms with Crippen molar-refractivity contribution >= 4 is 6.09 Å². The Morgan fingerprint density at radius 2 is 2.10 bits per heavy atom. The Labute approximate surface area is 123 Å². The van der Waals surface area contributed by atoms with E-state index in [1.165, 1.54) is 52.1 Å². The van der Waals surface area contributed by atoms with Crippen molar-refractivity contribution < 1.29 is 9.53 Å². The molecule has 0 aromatic carbocycles. The van der Waals surface area contributed by atoms with Gasteiger partial charge in [0.05, 0.1) is 7.11 Å². The van der Waals surface area contributed by atoms with E-state index >= 15 is 0 Å². The smallest absolute Gasteiger partial charge is 0.409 e. The summed E-state index contributed by atoms with van der Waals surface area (Å²) in [5, 5.41) is 3.69. The Morgan fingerprint density at radius 3 is 2.70 bits per heavy atom. The lowest BCUT2D eigenvalue weighted by Crippen LogP contribution is -2.52. The Hall–Kier alpha value is -0.770. The first kappa shape index (κ1) is 15.6. The second kappa shape index (κ2) is 7.87. The maximum Gasteiger partial charge on any atom is 0.409 e. The van der Waals surface area contributed by atoms with E-state index in [2.05, 4.69) is 12.2 Å². The fourth-order valence-corrected chi connectivity index (χ4v) is 3.36. The fourth-order valence-electron chi connectivity index (χ4n) is 3.36. The second-order valence-electron chi connectivity index (χ2n) is 6.52. The van der Waals surface area contributed by atoms with Crippen LogP contribution in [0.2, 0.25) is 0 Å². The molecule has 4 nitrogen and oxygen atoms in total. The van der Waals surface area contributed by atoms with Crippen LogP contribution in [-0.4, -0.2) is 43.8 Å². The van der Waals surface area contributed by atoms with E-state index in [1.54, 1.807) is 0 Å². The van der Waals surface area contributed by atoms with Crippen molar-refractivity contribution in [2.75, 3.05) is 26.7 Å². The molecule has 1 N–H and O–H groups in total. The topological polar surface area (TPSA) is 41.6 Å². The van der Waals surface area contributed by atoms with Crippen LogP contribution in [0, 0.1) is 11.8 Å².